The molecule has 0 saturated carbocycles. The third kappa shape index (κ3) is 6.44. The summed E-state index contributed by atoms with van der Waals surface area (Å²) in [5, 5.41) is 10.2. The van der Waals surface area contributed by atoms with E-state index in [1.165, 1.54) is 11.3 Å². The van der Waals surface area contributed by atoms with E-state index in [9.17, 15) is 0 Å². The zero-order valence-corrected chi connectivity index (χ0v) is 20.6. The molecular weight excluding hydrogens is 475 g/mol. The summed E-state index contributed by atoms with van der Waals surface area (Å²) < 4.78 is 6.82. The minimum absolute atomic E-state index is 0.482. The Labute approximate surface area is 207 Å². The number of unbranched alkanes of at least 4 members (excludes halogenated alkanes) is 1. The first kappa shape index (κ1) is 23.5. The fourth-order valence-electron chi connectivity index (χ4n) is 3.29. The number of nitrogens with zero attached hydrogens (tertiary/aromatic N) is 4. The minimum atomic E-state index is 0.482. The Kier molecular flexibility index (Phi) is 8.15. The van der Waals surface area contributed by atoms with Crippen LogP contribution in [-0.4, -0.2) is 24.7 Å². The number of para-hydroxylation sites is 1. The molecule has 8 heteroatoms. The van der Waals surface area contributed by atoms with E-state index in [2.05, 4.69) is 39.2 Å². The van der Waals surface area contributed by atoms with E-state index in [1.807, 2.05) is 42.5 Å². The van der Waals surface area contributed by atoms with Crippen LogP contribution in [-0.2, 0) is 0 Å². The van der Waals surface area contributed by atoms with Crippen molar-refractivity contribution in [2.75, 3.05) is 24.6 Å². The first-order valence-corrected chi connectivity index (χ1v) is 12.4. The molecule has 0 radical (unpaired) electrons. The molecule has 170 valence electrons. The van der Waals surface area contributed by atoms with Crippen molar-refractivity contribution in [1.82, 2.24) is 4.98 Å². The van der Waals surface area contributed by atoms with Gasteiger partial charge in [0.15, 0.2) is 0 Å². The Morgan fingerprint density at radius 3 is 2.45 bits per heavy atom. The van der Waals surface area contributed by atoms with Gasteiger partial charge in [0.2, 0.25) is 5.13 Å². The van der Waals surface area contributed by atoms with E-state index < -0.39 is 0 Å². The molecule has 4 aromatic rings. The van der Waals surface area contributed by atoms with E-state index in [0.29, 0.717) is 21.8 Å². The van der Waals surface area contributed by atoms with Crippen molar-refractivity contribution in [2.24, 2.45) is 10.2 Å². The molecule has 5 nitrogen and oxygen atoms in total. The predicted molar refractivity (Wildman–Crippen MR) is 139 cm³/mol. The van der Waals surface area contributed by atoms with Crippen molar-refractivity contribution in [1.29, 1.82) is 0 Å². The predicted octanol–water partition coefficient (Wildman–Crippen LogP) is 8.70. The highest BCUT2D eigenvalue weighted by atomic mass is 35.5. The van der Waals surface area contributed by atoms with Crippen molar-refractivity contribution in [3.63, 3.8) is 0 Å². The van der Waals surface area contributed by atoms with Gasteiger partial charge in [0.25, 0.3) is 0 Å². The molecule has 0 aliphatic carbocycles. The first-order valence-electron chi connectivity index (χ1n) is 10.8. The normalized spacial score (nSPS) is 11.4. The molecule has 0 fully saturated rings. The summed E-state index contributed by atoms with van der Waals surface area (Å²) in [4.78, 5) is 6.80. The Hall–Kier alpha value is -2.67. The Balaban J connectivity index is 1.41. The van der Waals surface area contributed by atoms with Gasteiger partial charge in [-0.2, -0.15) is 0 Å². The number of thiazole rings is 1. The molecule has 3 aromatic carbocycles. The van der Waals surface area contributed by atoms with Crippen LogP contribution in [0.3, 0.4) is 0 Å². The third-order valence-corrected chi connectivity index (χ3v) is 6.66. The maximum Gasteiger partial charge on any atom is 0.231 e. The molecule has 0 aliphatic heterocycles. The van der Waals surface area contributed by atoms with Crippen LogP contribution in [0.25, 0.3) is 10.2 Å². The molecule has 33 heavy (non-hydrogen) atoms. The maximum atomic E-state index is 6.09. The first-order chi connectivity index (χ1) is 16.1. The van der Waals surface area contributed by atoms with Gasteiger partial charge in [0, 0.05) is 12.2 Å². The maximum absolute atomic E-state index is 6.09. The quantitative estimate of drug-likeness (QED) is 0.205. The molecule has 0 spiro atoms. The molecule has 0 amide bonds. The number of halogens is 2. The number of rotatable bonds is 10. The number of hydrogen-bond donors (Lipinski definition) is 0. The van der Waals surface area contributed by atoms with Crippen LogP contribution < -0.4 is 9.64 Å². The molecule has 0 unspecified atom stereocenters. The second-order valence-corrected chi connectivity index (χ2v) is 9.27. The van der Waals surface area contributed by atoms with E-state index in [1.54, 1.807) is 12.1 Å². The van der Waals surface area contributed by atoms with Crippen LogP contribution in [0.1, 0.15) is 19.8 Å². The number of benzene rings is 3. The van der Waals surface area contributed by atoms with E-state index >= 15 is 0 Å². The van der Waals surface area contributed by atoms with Crippen LogP contribution in [0.4, 0.5) is 16.5 Å². The number of aromatic nitrogens is 1. The van der Waals surface area contributed by atoms with Gasteiger partial charge in [0.05, 0.1) is 32.5 Å². The monoisotopic (exact) mass is 498 g/mol. The topological polar surface area (TPSA) is 50.1 Å². The average molecular weight is 499 g/mol. The highest BCUT2D eigenvalue weighted by molar-refractivity contribution is 7.22. The van der Waals surface area contributed by atoms with E-state index in [0.717, 1.165) is 53.3 Å². The van der Waals surface area contributed by atoms with Gasteiger partial charge >= 0.3 is 0 Å². The number of ether oxygens (including phenoxy) is 1. The smallest absolute Gasteiger partial charge is 0.231 e. The fraction of sp³-hybridized carbons (Fsp3) is 0.240. The summed E-state index contributed by atoms with van der Waals surface area (Å²) >= 11 is 13.6. The fourth-order valence-corrected chi connectivity index (χ4v) is 4.49. The molecule has 0 atom stereocenters. The molecule has 0 aliphatic rings. The van der Waals surface area contributed by atoms with Crippen LogP contribution in [0.5, 0.6) is 5.75 Å². The minimum Gasteiger partial charge on any atom is -0.492 e. The highest BCUT2D eigenvalue weighted by Crippen LogP contribution is 2.34. The summed E-state index contributed by atoms with van der Waals surface area (Å²) in [6.07, 6.45) is 2.26. The van der Waals surface area contributed by atoms with Crippen molar-refractivity contribution >= 4 is 61.3 Å². The zero-order valence-electron chi connectivity index (χ0n) is 18.2. The standard InChI is InChI=1S/C25H24Cl2N4OS/c1-2-3-13-31(14-15-32-20-7-5-4-6-8-20)19-11-9-18(10-12-19)29-30-25-28-23-16-21(26)22(27)17-24(23)33-25/h4-12,16-17H,2-3,13-15H2,1H3. The highest BCUT2D eigenvalue weighted by Gasteiger charge is 2.09. The summed E-state index contributed by atoms with van der Waals surface area (Å²) in [6.45, 7) is 4.62. The summed E-state index contributed by atoms with van der Waals surface area (Å²) in [6, 6.07) is 21.5. The summed E-state index contributed by atoms with van der Waals surface area (Å²) in [5.74, 6) is 0.892. The van der Waals surface area contributed by atoms with E-state index in [-0.39, 0.29) is 0 Å². The number of azo groups is 1. The molecule has 0 N–H and O–H groups in total. The lowest BCUT2D eigenvalue weighted by Crippen LogP contribution is -2.29. The zero-order chi connectivity index (χ0) is 23.0. The Morgan fingerprint density at radius 1 is 0.939 bits per heavy atom. The van der Waals surface area contributed by atoms with Gasteiger partial charge < -0.3 is 9.64 Å². The summed E-state index contributed by atoms with van der Waals surface area (Å²) in [5.41, 5.74) is 2.68. The van der Waals surface area contributed by atoms with Crippen LogP contribution in [0.2, 0.25) is 10.0 Å². The number of anilines is 1. The van der Waals surface area contributed by atoms with E-state index in [4.69, 9.17) is 27.9 Å². The molecule has 0 bridgehead atoms. The third-order valence-electron chi connectivity index (χ3n) is 5.04. The second-order valence-electron chi connectivity index (χ2n) is 7.45. The van der Waals surface area contributed by atoms with Gasteiger partial charge in [-0.05, 0) is 55.0 Å². The lowest BCUT2D eigenvalue weighted by molar-refractivity contribution is 0.323. The van der Waals surface area contributed by atoms with Crippen LogP contribution in [0.15, 0.2) is 77.0 Å². The van der Waals surface area contributed by atoms with Crippen molar-refractivity contribution < 1.29 is 4.74 Å². The number of fused-ring (bicyclic) bond motifs is 1. The van der Waals surface area contributed by atoms with Crippen molar-refractivity contribution in [2.45, 2.75) is 19.8 Å². The molecule has 1 heterocycles. The van der Waals surface area contributed by atoms with Gasteiger partial charge in [0.1, 0.15) is 12.4 Å². The van der Waals surface area contributed by atoms with Crippen LogP contribution in [0, 0.1) is 0 Å². The largest absolute Gasteiger partial charge is 0.492 e. The lowest BCUT2D eigenvalue weighted by atomic mass is 10.2. The Morgan fingerprint density at radius 2 is 1.70 bits per heavy atom. The van der Waals surface area contributed by atoms with Crippen molar-refractivity contribution in [3.8, 4) is 5.75 Å². The van der Waals surface area contributed by atoms with Gasteiger partial charge in [-0.15, -0.1) is 10.2 Å². The van der Waals surface area contributed by atoms with Gasteiger partial charge in [-0.25, -0.2) is 4.98 Å². The van der Waals surface area contributed by atoms with Gasteiger partial charge in [-0.1, -0.05) is 66.1 Å². The molecule has 0 saturated heterocycles. The van der Waals surface area contributed by atoms with Crippen LogP contribution >= 0.6 is 34.5 Å². The Bertz CT molecular complexity index is 1170. The molecule has 1 aromatic heterocycles. The number of hydrogen-bond acceptors (Lipinski definition) is 6. The SMILES string of the molecule is CCCCN(CCOc1ccccc1)c1ccc(N=Nc2nc3cc(Cl)c(Cl)cc3s2)cc1. The lowest BCUT2D eigenvalue weighted by Gasteiger charge is -2.25. The van der Waals surface area contributed by atoms with Gasteiger partial charge in [-0.3, -0.25) is 0 Å². The molecule has 4 rings (SSSR count). The van der Waals surface area contributed by atoms with Crippen molar-refractivity contribution in [3.05, 3.63) is 76.8 Å². The second kappa shape index (κ2) is 11.5. The summed E-state index contributed by atoms with van der Waals surface area (Å²) in [7, 11) is 0. The average Bonchev–Trinajstić information content (AvgIpc) is 3.22. The molecular formula is C25H24Cl2N4OS.